The van der Waals surface area contributed by atoms with Crippen molar-refractivity contribution in [1.82, 2.24) is 0 Å². The van der Waals surface area contributed by atoms with Crippen LogP contribution >= 0.6 is 11.6 Å². The van der Waals surface area contributed by atoms with Crippen LogP contribution in [0.2, 0.25) is 5.02 Å². The van der Waals surface area contributed by atoms with E-state index in [2.05, 4.69) is 5.32 Å². The molecule has 2 aromatic rings. The zero-order valence-corrected chi connectivity index (χ0v) is 16.6. The van der Waals surface area contributed by atoms with Gasteiger partial charge in [-0.3, -0.25) is 4.79 Å². The molecule has 0 spiro atoms. The van der Waals surface area contributed by atoms with Crippen LogP contribution in [-0.2, 0) is 4.79 Å². The Hall–Kier alpha value is -2.86. The first-order valence-electron chi connectivity index (χ1n) is 8.06. The van der Waals surface area contributed by atoms with Crippen LogP contribution in [0.15, 0.2) is 30.3 Å². The molecule has 0 aliphatic heterocycles. The van der Waals surface area contributed by atoms with Crippen molar-refractivity contribution >= 4 is 29.3 Å². The number of amides is 1. The molecule has 1 N–H and O–H groups in total. The number of methoxy groups -OCH3 is 4. The van der Waals surface area contributed by atoms with E-state index in [0.29, 0.717) is 39.3 Å². The molecule has 6 nitrogen and oxygen atoms in total. The number of carbonyl (C=O) groups excluding carboxylic acids is 1. The van der Waals surface area contributed by atoms with Crippen LogP contribution in [0, 0.1) is 6.92 Å². The molecule has 0 fully saturated rings. The number of carbonyl (C=O) groups is 1. The summed E-state index contributed by atoms with van der Waals surface area (Å²) < 4.78 is 21.0. The number of nitrogens with one attached hydrogen (secondary N) is 1. The van der Waals surface area contributed by atoms with Gasteiger partial charge in [-0.15, -0.1) is 0 Å². The van der Waals surface area contributed by atoms with Gasteiger partial charge in [0.05, 0.1) is 33.5 Å². The molecule has 144 valence electrons. The lowest BCUT2D eigenvalue weighted by atomic mass is 10.1. The van der Waals surface area contributed by atoms with Gasteiger partial charge in [0.1, 0.15) is 0 Å². The van der Waals surface area contributed by atoms with Crippen molar-refractivity contribution < 1.29 is 23.7 Å². The predicted octanol–water partition coefficient (Wildman–Crippen LogP) is 4.33. The van der Waals surface area contributed by atoms with Crippen molar-refractivity contribution in [3.8, 4) is 23.0 Å². The molecule has 0 bridgehead atoms. The van der Waals surface area contributed by atoms with Crippen LogP contribution in [-0.4, -0.2) is 34.3 Å². The fourth-order valence-electron chi connectivity index (χ4n) is 2.50. The Labute approximate surface area is 163 Å². The van der Waals surface area contributed by atoms with E-state index in [0.717, 1.165) is 5.56 Å². The quantitative estimate of drug-likeness (QED) is 0.711. The number of benzene rings is 2. The van der Waals surface area contributed by atoms with Gasteiger partial charge < -0.3 is 24.3 Å². The maximum atomic E-state index is 12.3. The monoisotopic (exact) mass is 391 g/mol. The van der Waals surface area contributed by atoms with Gasteiger partial charge in [0, 0.05) is 17.8 Å². The Morgan fingerprint density at radius 1 is 0.926 bits per heavy atom. The molecule has 1 amide bonds. The second-order valence-electron chi connectivity index (χ2n) is 5.58. The van der Waals surface area contributed by atoms with Gasteiger partial charge in [-0.05, 0) is 42.3 Å². The summed E-state index contributed by atoms with van der Waals surface area (Å²) >= 11 is 6.18. The molecule has 2 aromatic carbocycles. The van der Waals surface area contributed by atoms with Crippen LogP contribution in [0.1, 0.15) is 11.1 Å². The van der Waals surface area contributed by atoms with E-state index < -0.39 is 0 Å². The third-order valence-electron chi connectivity index (χ3n) is 3.87. The van der Waals surface area contributed by atoms with Gasteiger partial charge in [-0.25, -0.2) is 0 Å². The number of rotatable bonds is 7. The topological polar surface area (TPSA) is 66.0 Å². The molecule has 27 heavy (non-hydrogen) atoms. The first-order valence-corrected chi connectivity index (χ1v) is 8.44. The van der Waals surface area contributed by atoms with Gasteiger partial charge in [0.25, 0.3) is 0 Å². The second-order valence-corrected chi connectivity index (χ2v) is 5.99. The maximum Gasteiger partial charge on any atom is 0.248 e. The molecule has 0 aliphatic carbocycles. The van der Waals surface area contributed by atoms with Crippen LogP contribution < -0.4 is 24.3 Å². The lowest BCUT2D eigenvalue weighted by Gasteiger charge is -2.13. The fraction of sp³-hybridized carbons (Fsp3) is 0.250. The summed E-state index contributed by atoms with van der Waals surface area (Å²) in [4.78, 5) is 12.3. The van der Waals surface area contributed by atoms with Crippen molar-refractivity contribution in [1.29, 1.82) is 0 Å². The molecule has 0 unspecified atom stereocenters. The normalized spacial score (nSPS) is 10.6. The van der Waals surface area contributed by atoms with Crippen LogP contribution in [0.25, 0.3) is 6.08 Å². The van der Waals surface area contributed by atoms with Gasteiger partial charge >= 0.3 is 0 Å². The smallest absolute Gasteiger partial charge is 0.248 e. The third kappa shape index (κ3) is 4.86. The molecule has 0 saturated carbocycles. The SMILES string of the molecule is COc1cc(C)c(NC(=O)/C=C/c2cc(Cl)c(OC)c(OC)c2)cc1OC. The Balaban J connectivity index is 2.20. The van der Waals surface area contributed by atoms with Crippen LogP contribution in [0.3, 0.4) is 0 Å². The van der Waals surface area contributed by atoms with E-state index in [-0.39, 0.29) is 5.91 Å². The average Bonchev–Trinajstić information content (AvgIpc) is 2.66. The Kier molecular flexibility index (Phi) is 6.96. The molecule has 0 heterocycles. The van der Waals surface area contributed by atoms with Crippen LogP contribution in [0.4, 0.5) is 5.69 Å². The molecule has 7 heteroatoms. The molecule has 0 radical (unpaired) electrons. The fourth-order valence-corrected chi connectivity index (χ4v) is 2.79. The lowest BCUT2D eigenvalue weighted by molar-refractivity contribution is -0.111. The number of hydrogen-bond donors (Lipinski definition) is 1. The van der Waals surface area contributed by atoms with Crippen molar-refractivity contribution in [2.75, 3.05) is 33.8 Å². The highest BCUT2D eigenvalue weighted by Crippen LogP contribution is 2.36. The van der Waals surface area contributed by atoms with Crippen molar-refractivity contribution in [3.05, 3.63) is 46.5 Å². The van der Waals surface area contributed by atoms with Gasteiger partial charge in [-0.1, -0.05) is 11.6 Å². The molecule has 0 aliphatic rings. The van der Waals surface area contributed by atoms with Crippen LogP contribution in [0.5, 0.6) is 23.0 Å². The minimum atomic E-state index is -0.295. The maximum absolute atomic E-state index is 12.3. The Morgan fingerprint density at radius 2 is 1.56 bits per heavy atom. The van der Waals surface area contributed by atoms with E-state index in [1.165, 1.54) is 20.3 Å². The molecule has 0 saturated heterocycles. The van der Waals surface area contributed by atoms with Crippen molar-refractivity contribution in [3.63, 3.8) is 0 Å². The summed E-state index contributed by atoms with van der Waals surface area (Å²) in [6.07, 6.45) is 3.05. The Morgan fingerprint density at radius 3 is 2.15 bits per heavy atom. The number of aryl methyl sites for hydroxylation is 1. The summed E-state index contributed by atoms with van der Waals surface area (Å²) in [6.45, 7) is 1.87. The van der Waals surface area contributed by atoms with Gasteiger partial charge in [0.15, 0.2) is 23.0 Å². The molecular formula is C20H22ClNO5. The van der Waals surface area contributed by atoms with Gasteiger partial charge in [0.2, 0.25) is 5.91 Å². The van der Waals surface area contributed by atoms with E-state index in [1.54, 1.807) is 44.6 Å². The predicted molar refractivity (Wildman–Crippen MR) is 107 cm³/mol. The molecule has 0 atom stereocenters. The number of hydrogen-bond acceptors (Lipinski definition) is 5. The highest BCUT2D eigenvalue weighted by atomic mass is 35.5. The van der Waals surface area contributed by atoms with E-state index >= 15 is 0 Å². The molecular weight excluding hydrogens is 370 g/mol. The summed E-state index contributed by atoms with van der Waals surface area (Å²) in [7, 11) is 6.14. The largest absolute Gasteiger partial charge is 0.493 e. The van der Waals surface area contributed by atoms with E-state index in [1.807, 2.05) is 6.92 Å². The highest BCUT2D eigenvalue weighted by Gasteiger charge is 2.11. The minimum absolute atomic E-state index is 0.295. The average molecular weight is 392 g/mol. The van der Waals surface area contributed by atoms with E-state index in [4.69, 9.17) is 30.5 Å². The number of anilines is 1. The van der Waals surface area contributed by atoms with E-state index in [9.17, 15) is 4.79 Å². The highest BCUT2D eigenvalue weighted by molar-refractivity contribution is 6.32. The summed E-state index contributed by atoms with van der Waals surface area (Å²) in [6, 6.07) is 6.93. The second kappa shape index (κ2) is 9.19. The standard InChI is InChI=1S/C20H22ClNO5/c1-12-8-16(24-2)17(25-3)11-15(12)22-19(23)7-6-13-9-14(21)20(27-5)18(10-13)26-4/h6-11H,1-5H3,(H,22,23)/b7-6+. The van der Waals surface area contributed by atoms with Gasteiger partial charge in [-0.2, -0.15) is 0 Å². The number of halogens is 1. The van der Waals surface area contributed by atoms with Crippen molar-refractivity contribution in [2.24, 2.45) is 0 Å². The minimum Gasteiger partial charge on any atom is -0.493 e. The lowest BCUT2D eigenvalue weighted by Crippen LogP contribution is -2.09. The molecule has 0 aromatic heterocycles. The summed E-state index contributed by atoms with van der Waals surface area (Å²) in [5.41, 5.74) is 2.19. The zero-order chi connectivity index (χ0) is 20.0. The van der Waals surface area contributed by atoms with Crippen molar-refractivity contribution in [2.45, 2.75) is 6.92 Å². The third-order valence-corrected chi connectivity index (χ3v) is 4.15. The first kappa shape index (κ1) is 20.5. The summed E-state index contributed by atoms with van der Waals surface area (Å²) in [5.74, 6) is 1.77. The summed E-state index contributed by atoms with van der Waals surface area (Å²) in [5, 5.41) is 3.22. The molecule has 2 rings (SSSR count). The zero-order valence-electron chi connectivity index (χ0n) is 15.9. The first-order chi connectivity index (χ1) is 12.9. The Bertz CT molecular complexity index is 864. The number of ether oxygens (including phenoxy) is 4.